The molecule has 0 amide bonds. The van der Waals surface area contributed by atoms with Crippen LogP contribution >= 0.6 is 11.8 Å². The molecule has 0 bridgehead atoms. The van der Waals surface area contributed by atoms with E-state index in [0.717, 1.165) is 6.42 Å². The lowest BCUT2D eigenvalue weighted by molar-refractivity contribution is 0.603. The Labute approximate surface area is 83.7 Å². The number of amidine groups is 1. The lowest BCUT2D eigenvalue weighted by atomic mass is 10.3. The molecular weight excluding hydrogens is 208 g/mol. The van der Waals surface area contributed by atoms with Gasteiger partial charge in [0.05, 0.1) is 11.0 Å². The zero-order valence-electron chi connectivity index (χ0n) is 7.91. The summed E-state index contributed by atoms with van der Waals surface area (Å²) in [6.07, 6.45) is 1.98. The number of nitrogens with one attached hydrogen (secondary N) is 1. The van der Waals surface area contributed by atoms with E-state index < -0.39 is 9.84 Å². The van der Waals surface area contributed by atoms with Crippen LogP contribution in [-0.2, 0) is 9.84 Å². The van der Waals surface area contributed by atoms with E-state index in [1.807, 2.05) is 6.92 Å². The summed E-state index contributed by atoms with van der Waals surface area (Å²) >= 11 is 1.43. The Morgan fingerprint density at radius 1 is 1.62 bits per heavy atom. The number of rotatable bonds is 6. The summed E-state index contributed by atoms with van der Waals surface area (Å²) in [5.74, 6) is 0.791. The maximum atomic E-state index is 10.8. The third kappa shape index (κ3) is 6.89. The van der Waals surface area contributed by atoms with Crippen LogP contribution in [0.2, 0.25) is 0 Å². The largest absolute Gasteiger partial charge is 0.387 e. The van der Waals surface area contributed by atoms with Crippen molar-refractivity contribution in [3.05, 3.63) is 0 Å². The third-order valence-corrected chi connectivity index (χ3v) is 4.12. The Balaban J connectivity index is 3.81. The smallest absolute Gasteiger partial charge is 0.148 e. The molecule has 1 unspecified atom stereocenters. The predicted molar refractivity (Wildman–Crippen MR) is 58.2 cm³/mol. The van der Waals surface area contributed by atoms with E-state index in [0.29, 0.717) is 5.75 Å². The van der Waals surface area contributed by atoms with Crippen molar-refractivity contribution < 1.29 is 8.42 Å². The summed E-state index contributed by atoms with van der Waals surface area (Å²) in [6, 6.07) is 0. The zero-order chi connectivity index (χ0) is 10.5. The maximum Gasteiger partial charge on any atom is 0.148 e. The number of hydrogen-bond donors (Lipinski definition) is 2. The van der Waals surface area contributed by atoms with Gasteiger partial charge in [-0.2, -0.15) is 0 Å². The fraction of sp³-hybridized carbons (Fsp3) is 0.857. The Morgan fingerprint density at radius 2 is 2.15 bits per heavy atom. The van der Waals surface area contributed by atoms with Crippen LogP contribution in [0.25, 0.3) is 0 Å². The van der Waals surface area contributed by atoms with Crippen LogP contribution in [-0.4, -0.2) is 37.3 Å². The van der Waals surface area contributed by atoms with Crippen LogP contribution in [0.1, 0.15) is 13.3 Å². The van der Waals surface area contributed by atoms with Crippen LogP contribution in [0.15, 0.2) is 0 Å². The first kappa shape index (κ1) is 12.8. The standard InChI is InChI=1S/C7H16N2O2S2/c1-3-6(7(8)9)12-4-5-13(2,10)11/h6H,3-5H2,1-2H3,(H3,8,9). The van der Waals surface area contributed by atoms with Crippen LogP contribution in [0, 0.1) is 5.41 Å². The number of sulfone groups is 1. The van der Waals surface area contributed by atoms with Gasteiger partial charge in [0.1, 0.15) is 15.7 Å². The monoisotopic (exact) mass is 224 g/mol. The van der Waals surface area contributed by atoms with Gasteiger partial charge >= 0.3 is 0 Å². The molecule has 0 aliphatic heterocycles. The molecule has 6 heteroatoms. The van der Waals surface area contributed by atoms with Crippen molar-refractivity contribution in [3.63, 3.8) is 0 Å². The van der Waals surface area contributed by atoms with E-state index >= 15 is 0 Å². The van der Waals surface area contributed by atoms with Gasteiger partial charge in [-0.1, -0.05) is 6.92 Å². The van der Waals surface area contributed by atoms with E-state index in [-0.39, 0.29) is 16.8 Å². The van der Waals surface area contributed by atoms with E-state index in [1.54, 1.807) is 0 Å². The first-order valence-corrected chi connectivity index (χ1v) is 7.11. The molecule has 0 saturated carbocycles. The minimum absolute atomic E-state index is 0.0400. The molecule has 0 fully saturated rings. The van der Waals surface area contributed by atoms with Gasteiger partial charge in [-0.05, 0) is 6.42 Å². The van der Waals surface area contributed by atoms with Gasteiger partial charge in [0.2, 0.25) is 0 Å². The second-order valence-corrected chi connectivity index (χ2v) is 6.42. The van der Waals surface area contributed by atoms with Gasteiger partial charge in [0, 0.05) is 12.0 Å². The molecule has 0 aromatic rings. The Hall–Kier alpha value is -0.230. The third-order valence-electron chi connectivity index (χ3n) is 1.49. The fourth-order valence-corrected chi connectivity index (χ4v) is 3.06. The van der Waals surface area contributed by atoms with Crippen molar-refractivity contribution in [2.45, 2.75) is 18.6 Å². The van der Waals surface area contributed by atoms with Crippen molar-refractivity contribution >= 4 is 27.4 Å². The molecule has 3 N–H and O–H groups in total. The molecule has 0 saturated heterocycles. The second kappa shape index (κ2) is 5.49. The van der Waals surface area contributed by atoms with Crippen LogP contribution in [0.5, 0.6) is 0 Å². The molecule has 1 atom stereocenters. The van der Waals surface area contributed by atoms with Gasteiger partial charge in [0.25, 0.3) is 0 Å². The predicted octanol–water partition coefficient (Wildman–Crippen LogP) is 0.479. The van der Waals surface area contributed by atoms with Crippen LogP contribution < -0.4 is 5.73 Å². The summed E-state index contributed by atoms with van der Waals surface area (Å²) in [5, 5.41) is 7.15. The topological polar surface area (TPSA) is 84.0 Å². The molecule has 13 heavy (non-hydrogen) atoms. The van der Waals surface area contributed by atoms with E-state index in [4.69, 9.17) is 11.1 Å². The highest BCUT2D eigenvalue weighted by molar-refractivity contribution is 8.01. The normalized spacial score (nSPS) is 14.0. The van der Waals surface area contributed by atoms with Crippen molar-refractivity contribution in [2.75, 3.05) is 17.8 Å². The van der Waals surface area contributed by atoms with E-state index in [9.17, 15) is 8.42 Å². The average Bonchev–Trinajstić information content (AvgIpc) is 1.95. The highest BCUT2D eigenvalue weighted by Gasteiger charge is 2.11. The summed E-state index contributed by atoms with van der Waals surface area (Å²) < 4.78 is 21.5. The molecule has 0 aliphatic rings. The van der Waals surface area contributed by atoms with Gasteiger partial charge in [0.15, 0.2) is 0 Å². The lowest BCUT2D eigenvalue weighted by Gasteiger charge is -2.11. The summed E-state index contributed by atoms with van der Waals surface area (Å²) in [4.78, 5) is 0. The van der Waals surface area contributed by atoms with Crippen molar-refractivity contribution in [3.8, 4) is 0 Å². The fourth-order valence-electron chi connectivity index (χ4n) is 0.769. The van der Waals surface area contributed by atoms with Crippen LogP contribution in [0.3, 0.4) is 0 Å². The average molecular weight is 224 g/mol. The highest BCUT2D eigenvalue weighted by Crippen LogP contribution is 2.14. The Bertz CT molecular complexity index is 262. The second-order valence-electron chi connectivity index (χ2n) is 2.85. The molecule has 0 radical (unpaired) electrons. The molecule has 0 rings (SSSR count). The van der Waals surface area contributed by atoms with Gasteiger partial charge in [-0.15, -0.1) is 11.8 Å². The number of hydrogen-bond acceptors (Lipinski definition) is 4. The maximum absolute atomic E-state index is 10.8. The molecule has 0 aromatic carbocycles. The number of thioether (sulfide) groups is 1. The van der Waals surface area contributed by atoms with Crippen molar-refractivity contribution in [2.24, 2.45) is 5.73 Å². The Kier molecular flexibility index (Phi) is 5.39. The molecule has 0 aliphatic carbocycles. The first-order valence-electron chi connectivity index (χ1n) is 4.00. The van der Waals surface area contributed by atoms with Crippen molar-refractivity contribution in [1.82, 2.24) is 0 Å². The summed E-state index contributed by atoms with van der Waals surface area (Å²) in [5.41, 5.74) is 5.31. The Morgan fingerprint density at radius 3 is 2.46 bits per heavy atom. The van der Waals surface area contributed by atoms with Crippen LogP contribution in [0.4, 0.5) is 0 Å². The molecular formula is C7H16N2O2S2. The quantitative estimate of drug-likeness (QED) is 0.507. The minimum Gasteiger partial charge on any atom is -0.387 e. The molecule has 78 valence electrons. The zero-order valence-corrected chi connectivity index (χ0v) is 9.54. The molecule has 0 aromatic heterocycles. The first-order chi connectivity index (χ1) is 5.87. The number of nitrogens with two attached hydrogens (primary N) is 1. The summed E-state index contributed by atoms with van der Waals surface area (Å²) in [7, 11) is -2.89. The minimum atomic E-state index is -2.89. The van der Waals surface area contributed by atoms with E-state index in [1.165, 1.54) is 18.0 Å². The summed E-state index contributed by atoms with van der Waals surface area (Å²) in [6.45, 7) is 1.93. The molecule has 4 nitrogen and oxygen atoms in total. The SMILES string of the molecule is CCC(SCCS(C)(=O)=O)C(=N)N. The van der Waals surface area contributed by atoms with Gasteiger partial charge in [-0.3, -0.25) is 5.41 Å². The molecule has 0 heterocycles. The molecule has 0 spiro atoms. The van der Waals surface area contributed by atoms with Gasteiger partial charge in [-0.25, -0.2) is 8.42 Å². The lowest BCUT2D eigenvalue weighted by Crippen LogP contribution is -2.25. The van der Waals surface area contributed by atoms with E-state index in [2.05, 4.69) is 0 Å². The van der Waals surface area contributed by atoms with Gasteiger partial charge < -0.3 is 5.73 Å². The van der Waals surface area contributed by atoms with Crippen molar-refractivity contribution in [1.29, 1.82) is 5.41 Å². The highest BCUT2D eigenvalue weighted by atomic mass is 32.2.